The van der Waals surface area contributed by atoms with Gasteiger partial charge in [-0.2, -0.15) is 0 Å². The number of hydrogen-bond acceptors (Lipinski definition) is 6. The van der Waals surface area contributed by atoms with Crippen LogP contribution in [0.15, 0.2) is 121 Å². The number of rotatable bonds is 15. The zero-order chi connectivity index (χ0) is 34.0. The second kappa shape index (κ2) is 17.0. The van der Waals surface area contributed by atoms with Crippen molar-refractivity contribution in [1.82, 2.24) is 0 Å². The quantitative estimate of drug-likeness (QED) is 0.129. The monoisotopic (exact) mass is 668 g/mol. The van der Waals surface area contributed by atoms with Gasteiger partial charge in [0.25, 0.3) is 0 Å². The first kappa shape index (κ1) is 36.1. The Morgan fingerprint density at radius 2 is 0.812 bits per heavy atom. The molecule has 0 amide bonds. The van der Waals surface area contributed by atoms with Crippen molar-refractivity contribution in [3.8, 4) is 0 Å². The normalized spacial score (nSPS) is 23.2. The van der Waals surface area contributed by atoms with Crippen LogP contribution in [0.1, 0.15) is 43.0 Å². The van der Waals surface area contributed by atoms with Crippen LogP contribution in [0.25, 0.3) is 0 Å². The van der Waals surface area contributed by atoms with Crippen molar-refractivity contribution in [2.45, 2.75) is 95.9 Å². The van der Waals surface area contributed by atoms with Crippen LogP contribution >= 0.6 is 0 Å². The number of aliphatic hydroxyl groups excluding tert-OH is 1. The Morgan fingerprint density at radius 1 is 0.500 bits per heavy atom. The standard InChI is InChI=1S/C41H52O6Si/c1-41(2,3)48(4,5)47-30-35-36(42)38(44-27-32-20-12-7-13-21-32)40(46-29-34-24-16-9-17-25-34)39(45-28-33-22-14-8-15-23-33)37(35)43-26-31-18-10-6-11-19-31/h6-25,35-40,42H,26-30H2,1-5H3/t35-,36+,37+,38-,39-,40-/m0/s1. The van der Waals surface area contributed by atoms with Crippen LogP contribution in [0.5, 0.6) is 0 Å². The Labute approximate surface area is 288 Å². The summed E-state index contributed by atoms with van der Waals surface area (Å²) >= 11 is 0. The predicted molar refractivity (Wildman–Crippen MR) is 193 cm³/mol. The highest BCUT2D eigenvalue weighted by molar-refractivity contribution is 6.74. The van der Waals surface area contributed by atoms with Gasteiger partial charge >= 0.3 is 0 Å². The van der Waals surface area contributed by atoms with Gasteiger partial charge in [-0.3, -0.25) is 0 Å². The highest BCUT2D eigenvalue weighted by Gasteiger charge is 2.54. The largest absolute Gasteiger partial charge is 0.416 e. The van der Waals surface area contributed by atoms with E-state index in [-0.39, 0.29) is 5.04 Å². The molecular formula is C41H52O6Si. The van der Waals surface area contributed by atoms with E-state index < -0.39 is 44.8 Å². The molecule has 4 aromatic carbocycles. The molecule has 1 fully saturated rings. The van der Waals surface area contributed by atoms with Crippen molar-refractivity contribution in [2.24, 2.45) is 5.92 Å². The van der Waals surface area contributed by atoms with Gasteiger partial charge in [-0.05, 0) is 40.4 Å². The third kappa shape index (κ3) is 9.73. The molecule has 1 saturated carbocycles. The lowest BCUT2D eigenvalue weighted by Gasteiger charge is -2.49. The summed E-state index contributed by atoms with van der Waals surface area (Å²) < 4.78 is 33.9. The molecule has 7 heteroatoms. The minimum absolute atomic E-state index is 0.000757. The van der Waals surface area contributed by atoms with Crippen molar-refractivity contribution < 1.29 is 28.5 Å². The average molecular weight is 669 g/mol. The van der Waals surface area contributed by atoms with E-state index in [9.17, 15) is 5.11 Å². The van der Waals surface area contributed by atoms with Gasteiger partial charge in [0.05, 0.1) is 38.6 Å². The molecular weight excluding hydrogens is 617 g/mol. The van der Waals surface area contributed by atoms with Crippen LogP contribution in [-0.4, -0.2) is 50.6 Å². The lowest BCUT2D eigenvalue weighted by Crippen LogP contribution is -2.65. The Bertz CT molecular complexity index is 1480. The van der Waals surface area contributed by atoms with Crippen molar-refractivity contribution in [1.29, 1.82) is 0 Å². The maximum atomic E-state index is 12.3. The third-order valence-electron chi connectivity index (χ3n) is 9.75. The van der Waals surface area contributed by atoms with Crippen LogP contribution < -0.4 is 0 Å². The lowest BCUT2D eigenvalue weighted by atomic mass is 9.78. The van der Waals surface area contributed by atoms with Crippen molar-refractivity contribution >= 4 is 8.32 Å². The summed E-state index contributed by atoms with van der Waals surface area (Å²) in [5.41, 5.74) is 4.13. The molecule has 6 nitrogen and oxygen atoms in total. The maximum absolute atomic E-state index is 12.3. The molecule has 1 N–H and O–H groups in total. The molecule has 0 spiro atoms. The maximum Gasteiger partial charge on any atom is 0.191 e. The molecule has 256 valence electrons. The summed E-state index contributed by atoms with van der Waals surface area (Å²) in [7, 11) is -2.18. The first-order valence-corrected chi connectivity index (χ1v) is 20.0. The van der Waals surface area contributed by atoms with E-state index in [4.69, 9.17) is 23.4 Å². The van der Waals surface area contributed by atoms with E-state index in [2.05, 4.69) is 58.1 Å². The summed E-state index contributed by atoms with van der Waals surface area (Å²) in [6.07, 6.45) is -3.35. The van der Waals surface area contributed by atoms with E-state index in [0.29, 0.717) is 33.0 Å². The van der Waals surface area contributed by atoms with Crippen molar-refractivity contribution in [2.75, 3.05) is 6.61 Å². The van der Waals surface area contributed by atoms with Gasteiger partial charge in [0.2, 0.25) is 0 Å². The fourth-order valence-corrected chi connectivity index (χ4v) is 6.86. The van der Waals surface area contributed by atoms with Crippen molar-refractivity contribution in [3.63, 3.8) is 0 Å². The summed E-state index contributed by atoms with van der Waals surface area (Å²) in [5, 5.41) is 12.3. The number of benzene rings is 4. The average Bonchev–Trinajstić information content (AvgIpc) is 3.09. The Morgan fingerprint density at radius 3 is 1.17 bits per heavy atom. The first-order chi connectivity index (χ1) is 23.1. The highest BCUT2D eigenvalue weighted by Crippen LogP contribution is 2.40. The molecule has 6 atom stereocenters. The lowest BCUT2D eigenvalue weighted by molar-refractivity contribution is -0.264. The molecule has 0 heterocycles. The Balaban J connectivity index is 1.52. The van der Waals surface area contributed by atoms with Crippen LogP contribution in [0.2, 0.25) is 18.1 Å². The molecule has 5 rings (SSSR count). The molecule has 0 bridgehead atoms. The van der Waals surface area contributed by atoms with Gasteiger partial charge < -0.3 is 28.5 Å². The Kier molecular flexibility index (Phi) is 12.8. The molecule has 1 aliphatic carbocycles. The van der Waals surface area contributed by atoms with E-state index in [1.54, 1.807) is 0 Å². The number of aliphatic hydroxyl groups is 1. The van der Waals surface area contributed by atoms with E-state index in [0.717, 1.165) is 22.3 Å². The molecule has 0 aromatic heterocycles. The molecule has 0 aliphatic heterocycles. The molecule has 4 aromatic rings. The number of ether oxygens (including phenoxy) is 4. The van der Waals surface area contributed by atoms with Crippen molar-refractivity contribution in [3.05, 3.63) is 144 Å². The first-order valence-electron chi connectivity index (χ1n) is 17.1. The molecule has 0 saturated heterocycles. The van der Waals surface area contributed by atoms with Gasteiger partial charge in [0.1, 0.15) is 18.3 Å². The van der Waals surface area contributed by atoms with E-state index in [1.807, 2.05) is 97.1 Å². The molecule has 1 aliphatic rings. The molecule has 0 radical (unpaired) electrons. The third-order valence-corrected chi connectivity index (χ3v) is 14.3. The van der Waals surface area contributed by atoms with Crippen LogP contribution in [0, 0.1) is 5.92 Å². The second-order valence-electron chi connectivity index (χ2n) is 14.3. The summed E-state index contributed by atoms with van der Waals surface area (Å²) in [4.78, 5) is 0. The SMILES string of the molecule is CC(C)(C)[Si](C)(C)OC[C@H]1[C@@H](O)[C@H](OCc2ccccc2)[C@H](OCc2ccccc2)[C@@H](OCc2ccccc2)[C@@H]1OCc1ccccc1. The summed E-state index contributed by atoms with van der Waals surface area (Å²) in [6.45, 7) is 12.9. The molecule has 0 unspecified atom stereocenters. The van der Waals surface area contributed by atoms with Gasteiger partial charge in [-0.25, -0.2) is 0 Å². The van der Waals surface area contributed by atoms with E-state index >= 15 is 0 Å². The van der Waals surface area contributed by atoms with Gasteiger partial charge in [-0.15, -0.1) is 0 Å². The van der Waals surface area contributed by atoms with Crippen LogP contribution in [-0.2, 0) is 49.8 Å². The van der Waals surface area contributed by atoms with Crippen LogP contribution in [0.3, 0.4) is 0 Å². The fourth-order valence-electron chi connectivity index (χ4n) is 5.82. The summed E-state index contributed by atoms with van der Waals surface area (Å²) in [6, 6.07) is 40.4. The Hall–Kier alpha value is -3.14. The van der Waals surface area contributed by atoms with Crippen LogP contribution in [0.4, 0.5) is 0 Å². The molecule has 48 heavy (non-hydrogen) atoms. The van der Waals surface area contributed by atoms with Gasteiger partial charge in [0, 0.05) is 12.5 Å². The second-order valence-corrected chi connectivity index (χ2v) is 19.1. The van der Waals surface area contributed by atoms with Gasteiger partial charge in [-0.1, -0.05) is 142 Å². The smallest absolute Gasteiger partial charge is 0.191 e. The van der Waals surface area contributed by atoms with Gasteiger partial charge in [0.15, 0.2) is 8.32 Å². The zero-order valence-electron chi connectivity index (χ0n) is 29.0. The fraction of sp³-hybridized carbons (Fsp3) is 0.415. The zero-order valence-corrected chi connectivity index (χ0v) is 30.0. The summed E-state index contributed by atoms with van der Waals surface area (Å²) in [5.74, 6) is -0.430. The predicted octanol–water partition coefficient (Wildman–Crippen LogP) is 8.34. The minimum atomic E-state index is -2.18. The highest BCUT2D eigenvalue weighted by atomic mass is 28.4. The number of hydrogen-bond donors (Lipinski definition) is 1. The topological polar surface area (TPSA) is 66.4 Å². The van der Waals surface area contributed by atoms with E-state index in [1.165, 1.54) is 0 Å². The minimum Gasteiger partial charge on any atom is -0.416 e.